The van der Waals surface area contributed by atoms with Gasteiger partial charge in [0.2, 0.25) is 0 Å². The molecule has 1 heterocycles. The lowest BCUT2D eigenvalue weighted by Crippen LogP contribution is -1.83. The average Bonchev–Trinajstić information content (AvgIpc) is 2.65. The summed E-state index contributed by atoms with van der Waals surface area (Å²) < 4.78 is 5.03. The molecule has 0 atom stereocenters. The summed E-state index contributed by atoms with van der Waals surface area (Å²) in [6.07, 6.45) is 0.750. The second-order valence-corrected chi connectivity index (χ2v) is 5.39. The molecule has 0 N–H and O–H groups in total. The third-order valence-corrected chi connectivity index (χ3v) is 3.43. The maximum Gasteiger partial charge on any atom is 0.185 e. The number of carbonyl (C=O) groups excluding carboxylic acids is 1. The highest BCUT2D eigenvalue weighted by molar-refractivity contribution is 8.13. The van der Waals surface area contributed by atoms with Crippen LogP contribution in [0.5, 0.6) is 0 Å². The summed E-state index contributed by atoms with van der Waals surface area (Å²) in [5, 5.41) is 2.18. The maximum absolute atomic E-state index is 10.7. The Morgan fingerprint density at radius 3 is 3.12 bits per heavy atom. The molecule has 0 unspecified atom stereocenters. The number of ether oxygens (including phenoxy) is 1. The standard InChI is InChI=1S/C12H14O2S2/c1-10(13)15-6-4-3-5-11-7-12(8-14-2)16-9-11/h7,9H,4,6,8H2,1-2H3. The van der Waals surface area contributed by atoms with Gasteiger partial charge < -0.3 is 4.74 Å². The van der Waals surface area contributed by atoms with Crippen LogP contribution in [0.15, 0.2) is 11.4 Å². The van der Waals surface area contributed by atoms with Crippen molar-refractivity contribution in [3.63, 3.8) is 0 Å². The largest absolute Gasteiger partial charge is 0.379 e. The molecule has 2 nitrogen and oxygen atoms in total. The molecule has 4 heteroatoms. The Morgan fingerprint density at radius 1 is 1.62 bits per heavy atom. The van der Waals surface area contributed by atoms with Crippen LogP contribution in [0.4, 0.5) is 0 Å². The van der Waals surface area contributed by atoms with E-state index in [1.54, 1.807) is 25.4 Å². The molecule has 0 saturated carbocycles. The lowest BCUT2D eigenvalue weighted by Gasteiger charge is -1.89. The lowest BCUT2D eigenvalue weighted by molar-refractivity contribution is -0.109. The predicted molar refractivity (Wildman–Crippen MR) is 69.7 cm³/mol. The van der Waals surface area contributed by atoms with Crippen LogP contribution < -0.4 is 0 Å². The van der Waals surface area contributed by atoms with Crippen molar-refractivity contribution in [3.05, 3.63) is 21.9 Å². The van der Waals surface area contributed by atoms with Crippen molar-refractivity contribution in [3.8, 4) is 11.8 Å². The summed E-state index contributed by atoms with van der Waals surface area (Å²) in [5.41, 5.74) is 1.03. The molecule has 0 spiro atoms. The normalized spacial score (nSPS) is 9.62. The van der Waals surface area contributed by atoms with Gasteiger partial charge in [0, 0.05) is 42.0 Å². The van der Waals surface area contributed by atoms with Gasteiger partial charge in [-0.05, 0) is 6.07 Å². The topological polar surface area (TPSA) is 26.3 Å². The van der Waals surface area contributed by atoms with Crippen molar-refractivity contribution in [2.75, 3.05) is 12.9 Å². The number of thioether (sulfide) groups is 1. The van der Waals surface area contributed by atoms with Crippen LogP contribution in [0.3, 0.4) is 0 Å². The van der Waals surface area contributed by atoms with Gasteiger partial charge in [-0.25, -0.2) is 0 Å². The minimum atomic E-state index is 0.153. The van der Waals surface area contributed by atoms with Gasteiger partial charge in [0.1, 0.15) is 0 Å². The van der Waals surface area contributed by atoms with E-state index >= 15 is 0 Å². The molecule has 0 amide bonds. The molecule has 86 valence electrons. The summed E-state index contributed by atoms with van der Waals surface area (Å²) in [7, 11) is 1.68. The van der Waals surface area contributed by atoms with E-state index in [1.165, 1.54) is 16.6 Å². The molecule has 0 fully saturated rings. The Hall–Kier alpha value is -0.760. The van der Waals surface area contributed by atoms with E-state index in [4.69, 9.17) is 4.74 Å². The number of thiophene rings is 1. The zero-order valence-corrected chi connectivity index (χ0v) is 11.0. The Labute approximate surface area is 104 Å². The Bertz CT molecular complexity index is 399. The van der Waals surface area contributed by atoms with Crippen LogP contribution in [0.25, 0.3) is 0 Å². The highest BCUT2D eigenvalue weighted by atomic mass is 32.2. The first-order valence-corrected chi connectivity index (χ1v) is 6.77. The molecule has 1 aromatic heterocycles. The first-order valence-electron chi connectivity index (χ1n) is 4.91. The van der Waals surface area contributed by atoms with E-state index in [0.29, 0.717) is 6.61 Å². The Kier molecular flexibility index (Phi) is 6.24. The fourth-order valence-corrected chi connectivity index (χ4v) is 2.35. The average molecular weight is 254 g/mol. The fourth-order valence-electron chi connectivity index (χ4n) is 1.07. The monoisotopic (exact) mass is 254 g/mol. The van der Waals surface area contributed by atoms with Crippen molar-refractivity contribution >= 4 is 28.2 Å². The van der Waals surface area contributed by atoms with Gasteiger partial charge in [0.15, 0.2) is 5.12 Å². The molecular formula is C12H14O2S2. The van der Waals surface area contributed by atoms with Gasteiger partial charge in [0.05, 0.1) is 6.61 Å². The van der Waals surface area contributed by atoms with Gasteiger partial charge in [0.25, 0.3) is 0 Å². The third-order valence-electron chi connectivity index (χ3n) is 1.71. The number of rotatable bonds is 4. The molecule has 1 aromatic rings. The molecule has 0 saturated heterocycles. The smallest absolute Gasteiger partial charge is 0.185 e. The molecule has 0 radical (unpaired) electrons. The first kappa shape index (κ1) is 13.3. The quantitative estimate of drug-likeness (QED) is 0.610. The van der Waals surface area contributed by atoms with Crippen LogP contribution in [-0.4, -0.2) is 18.0 Å². The summed E-state index contributed by atoms with van der Waals surface area (Å²) in [4.78, 5) is 11.8. The lowest BCUT2D eigenvalue weighted by atomic mass is 10.3. The van der Waals surface area contributed by atoms with Gasteiger partial charge in [-0.3, -0.25) is 4.79 Å². The molecule has 0 aliphatic rings. The van der Waals surface area contributed by atoms with E-state index in [1.807, 2.05) is 11.4 Å². The molecule has 0 aliphatic heterocycles. The van der Waals surface area contributed by atoms with Crippen LogP contribution >= 0.6 is 23.1 Å². The van der Waals surface area contributed by atoms with Crippen molar-refractivity contribution in [1.29, 1.82) is 0 Å². The summed E-state index contributed by atoms with van der Waals surface area (Å²) >= 11 is 2.98. The van der Waals surface area contributed by atoms with E-state index in [0.717, 1.165) is 17.7 Å². The second kappa shape index (κ2) is 7.50. The van der Waals surface area contributed by atoms with Crippen LogP contribution in [0.1, 0.15) is 23.8 Å². The molecular weight excluding hydrogens is 240 g/mol. The fraction of sp³-hybridized carbons (Fsp3) is 0.417. The molecule has 0 bridgehead atoms. The SMILES string of the molecule is COCc1cc(C#CCCSC(C)=O)cs1. The van der Waals surface area contributed by atoms with Crippen molar-refractivity contribution in [2.45, 2.75) is 20.0 Å². The van der Waals surface area contributed by atoms with Gasteiger partial charge in [-0.15, -0.1) is 11.3 Å². The van der Waals surface area contributed by atoms with Crippen LogP contribution in [0.2, 0.25) is 0 Å². The van der Waals surface area contributed by atoms with Crippen molar-refractivity contribution in [2.24, 2.45) is 0 Å². The van der Waals surface area contributed by atoms with Gasteiger partial charge in [-0.2, -0.15) is 0 Å². The van der Waals surface area contributed by atoms with E-state index in [-0.39, 0.29) is 5.12 Å². The van der Waals surface area contributed by atoms with Crippen LogP contribution in [0, 0.1) is 11.8 Å². The zero-order chi connectivity index (χ0) is 11.8. The van der Waals surface area contributed by atoms with Crippen molar-refractivity contribution in [1.82, 2.24) is 0 Å². The van der Waals surface area contributed by atoms with Crippen LogP contribution in [-0.2, 0) is 16.1 Å². The Morgan fingerprint density at radius 2 is 2.44 bits per heavy atom. The highest BCUT2D eigenvalue weighted by Gasteiger charge is 1.96. The van der Waals surface area contributed by atoms with Crippen molar-refractivity contribution < 1.29 is 9.53 Å². The third kappa shape index (κ3) is 5.36. The molecule has 0 aromatic carbocycles. The number of hydrogen-bond acceptors (Lipinski definition) is 4. The van der Waals surface area contributed by atoms with E-state index in [9.17, 15) is 4.79 Å². The minimum absolute atomic E-state index is 0.153. The zero-order valence-electron chi connectivity index (χ0n) is 9.41. The van der Waals surface area contributed by atoms with E-state index in [2.05, 4.69) is 11.8 Å². The summed E-state index contributed by atoms with van der Waals surface area (Å²) in [5.74, 6) is 6.91. The highest BCUT2D eigenvalue weighted by Crippen LogP contribution is 2.14. The molecule has 16 heavy (non-hydrogen) atoms. The summed E-state index contributed by atoms with van der Waals surface area (Å²) in [6.45, 7) is 2.22. The first-order chi connectivity index (χ1) is 7.72. The summed E-state index contributed by atoms with van der Waals surface area (Å²) in [6, 6.07) is 2.04. The molecule has 1 rings (SSSR count). The predicted octanol–water partition coefficient (Wildman–Crippen LogP) is 2.92. The second-order valence-electron chi connectivity index (χ2n) is 3.13. The Balaban J connectivity index is 2.35. The maximum atomic E-state index is 10.7. The van der Waals surface area contributed by atoms with Gasteiger partial charge >= 0.3 is 0 Å². The van der Waals surface area contributed by atoms with E-state index < -0.39 is 0 Å². The molecule has 0 aliphatic carbocycles. The van der Waals surface area contributed by atoms with Gasteiger partial charge in [-0.1, -0.05) is 23.6 Å². The number of hydrogen-bond donors (Lipinski definition) is 0. The minimum Gasteiger partial charge on any atom is -0.379 e. The number of carbonyl (C=O) groups is 1. The number of methoxy groups -OCH3 is 1.